The smallest absolute Gasteiger partial charge is 0.217 e. The molecule has 23 heavy (non-hydrogen) atoms. The molecule has 1 fully saturated rings. The van der Waals surface area contributed by atoms with Crippen LogP contribution in [0.2, 0.25) is 0 Å². The first-order valence-corrected chi connectivity index (χ1v) is 8.16. The molecule has 0 bridgehead atoms. The number of hydrogen-bond acceptors (Lipinski definition) is 6. The molecule has 1 unspecified atom stereocenters. The molecule has 7 nitrogen and oxygen atoms in total. The number of carbonyl (C=O) groups is 1. The first-order chi connectivity index (χ1) is 10.7. The molecule has 7 heteroatoms. The topological polar surface area (TPSA) is 97.2 Å². The number of aliphatic hydroxyl groups excluding tert-OH is 2. The van der Waals surface area contributed by atoms with Crippen molar-refractivity contribution >= 4 is 5.91 Å². The quantitative estimate of drug-likeness (QED) is 0.557. The Labute approximate surface area is 138 Å². The third kappa shape index (κ3) is 6.35. The lowest BCUT2D eigenvalue weighted by Crippen LogP contribution is -2.63. The fourth-order valence-corrected chi connectivity index (χ4v) is 2.40. The number of ether oxygens (including phenoxy) is 3. The van der Waals surface area contributed by atoms with E-state index in [9.17, 15) is 15.0 Å². The number of amides is 1. The van der Waals surface area contributed by atoms with E-state index < -0.39 is 30.6 Å². The predicted octanol–water partition coefficient (Wildman–Crippen LogP) is 0.427. The van der Waals surface area contributed by atoms with Gasteiger partial charge in [-0.2, -0.15) is 0 Å². The molecule has 1 saturated heterocycles. The summed E-state index contributed by atoms with van der Waals surface area (Å²) in [5.74, 6) is -0.321. The molecule has 0 saturated carbocycles. The second kappa shape index (κ2) is 8.94. The van der Waals surface area contributed by atoms with Crippen molar-refractivity contribution in [2.24, 2.45) is 5.41 Å². The van der Waals surface area contributed by atoms with Crippen LogP contribution in [0.1, 0.15) is 41.0 Å². The summed E-state index contributed by atoms with van der Waals surface area (Å²) in [5.41, 5.74) is -0.233. The Morgan fingerprint density at radius 1 is 1.26 bits per heavy atom. The lowest BCUT2D eigenvalue weighted by molar-refractivity contribution is -0.267. The fourth-order valence-electron chi connectivity index (χ4n) is 2.40. The summed E-state index contributed by atoms with van der Waals surface area (Å²) in [4.78, 5) is 11.3. The van der Waals surface area contributed by atoms with Gasteiger partial charge < -0.3 is 29.7 Å². The van der Waals surface area contributed by atoms with Crippen molar-refractivity contribution in [2.45, 2.75) is 71.7 Å². The van der Waals surface area contributed by atoms with Gasteiger partial charge in [-0.05, 0) is 13.3 Å². The summed E-state index contributed by atoms with van der Waals surface area (Å²) in [5, 5.41) is 22.7. The molecule has 5 atom stereocenters. The molecule has 0 spiro atoms. The fraction of sp³-hybridized carbons (Fsp3) is 0.938. The number of hydrogen-bond donors (Lipinski definition) is 3. The first kappa shape index (κ1) is 20.3. The van der Waals surface area contributed by atoms with Crippen molar-refractivity contribution in [1.82, 2.24) is 5.32 Å². The van der Waals surface area contributed by atoms with E-state index in [2.05, 4.69) is 5.32 Å². The van der Waals surface area contributed by atoms with E-state index in [4.69, 9.17) is 14.2 Å². The molecule has 0 aliphatic carbocycles. The Bertz CT molecular complexity index is 376. The molecular weight excluding hydrogens is 302 g/mol. The molecule has 0 aromatic rings. The highest BCUT2D eigenvalue weighted by Gasteiger charge is 2.44. The van der Waals surface area contributed by atoms with Crippen LogP contribution in [0.3, 0.4) is 0 Å². The average Bonchev–Trinajstić information content (AvgIpc) is 2.46. The molecule has 0 radical (unpaired) electrons. The van der Waals surface area contributed by atoms with Gasteiger partial charge in [-0.25, -0.2) is 0 Å². The standard InChI is InChI=1S/C16H31NO6/c1-6-7-21-8-16(4,5)9-22-15-12(17-11(3)18)14(20)13(19)10(2)23-15/h10,12-15,19-20H,6-9H2,1-5H3,(H,17,18)/t10-,12-,13+,14-,15?/m1/s1. The molecule has 3 N–H and O–H groups in total. The summed E-state index contributed by atoms with van der Waals surface area (Å²) in [6, 6.07) is -0.814. The predicted molar refractivity (Wildman–Crippen MR) is 84.8 cm³/mol. The molecule has 136 valence electrons. The lowest BCUT2D eigenvalue weighted by atomic mass is 9.95. The van der Waals surface area contributed by atoms with Crippen molar-refractivity contribution in [1.29, 1.82) is 0 Å². The Hall–Kier alpha value is -0.730. The Balaban J connectivity index is 2.64. The Morgan fingerprint density at radius 3 is 2.48 bits per heavy atom. The highest BCUT2D eigenvalue weighted by atomic mass is 16.7. The van der Waals surface area contributed by atoms with E-state index >= 15 is 0 Å². The second-order valence-corrected chi connectivity index (χ2v) is 6.94. The van der Waals surface area contributed by atoms with Gasteiger partial charge >= 0.3 is 0 Å². The Kier molecular flexibility index (Phi) is 7.89. The summed E-state index contributed by atoms with van der Waals surface area (Å²) in [6.07, 6.45) is -2.67. The van der Waals surface area contributed by atoms with Crippen molar-refractivity contribution < 1.29 is 29.2 Å². The van der Waals surface area contributed by atoms with Gasteiger partial charge in [0.25, 0.3) is 0 Å². The molecule has 1 aliphatic rings. The van der Waals surface area contributed by atoms with Crippen LogP contribution in [0.15, 0.2) is 0 Å². The van der Waals surface area contributed by atoms with Crippen LogP contribution in [0.5, 0.6) is 0 Å². The molecule has 1 amide bonds. The van der Waals surface area contributed by atoms with Crippen LogP contribution in [0, 0.1) is 5.41 Å². The summed E-state index contributed by atoms with van der Waals surface area (Å²) < 4.78 is 17.0. The minimum absolute atomic E-state index is 0.233. The van der Waals surface area contributed by atoms with Gasteiger partial charge in [0.15, 0.2) is 6.29 Å². The second-order valence-electron chi connectivity index (χ2n) is 6.94. The maximum atomic E-state index is 11.3. The Morgan fingerprint density at radius 2 is 1.91 bits per heavy atom. The van der Waals surface area contributed by atoms with Gasteiger partial charge in [-0.15, -0.1) is 0 Å². The van der Waals surface area contributed by atoms with E-state index in [0.29, 0.717) is 19.8 Å². The zero-order valence-electron chi connectivity index (χ0n) is 14.7. The zero-order chi connectivity index (χ0) is 17.6. The van der Waals surface area contributed by atoms with Gasteiger partial charge in [-0.3, -0.25) is 4.79 Å². The van der Waals surface area contributed by atoms with Crippen molar-refractivity contribution in [3.8, 4) is 0 Å². The minimum atomic E-state index is -1.15. The molecular formula is C16H31NO6. The lowest BCUT2D eigenvalue weighted by Gasteiger charge is -2.42. The van der Waals surface area contributed by atoms with Crippen molar-refractivity contribution in [3.63, 3.8) is 0 Å². The normalized spacial score (nSPS) is 31.9. The third-order valence-electron chi connectivity index (χ3n) is 3.69. The number of aliphatic hydroxyl groups is 2. The highest BCUT2D eigenvalue weighted by Crippen LogP contribution is 2.25. The van der Waals surface area contributed by atoms with Gasteiger partial charge in [0, 0.05) is 18.9 Å². The van der Waals surface area contributed by atoms with Gasteiger partial charge in [0.05, 0.1) is 19.3 Å². The summed E-state index contributed by atoms with van der Waals surface area (Å²) in [6.45, 7) is 10.6. The van der Waals surface area contributed by atoms with Gasteiger partial charge in [-0.1, -0.05) is 20.8 Å². The van der Waals surface area contributed by atoms with Crippen LogP contribution >= 0.6 is 0 Å². The van der Waals surface area contributed by atoms with Gasteiger partial charge in [0.1, 0.15) is 18.2 Å². The maximum Gasteiger partial charge on any atom is 0.217 e. The molecule has 1 aliphatic heterocycles. The third-order valence-corrected chi connectivity index (χ3v) is 3.69. The van der Waals surface area contributed by atoms with Crippen molar-refractivity contribution in [2.75, 3.05) is 19.8 Å². The first-order valence-electron chi connectivity index (χ1n) is 8.16. The molecule has 1 heterocycles. The summed E-state index contributed by atoms with van der Waals surface area (Å²) in [7, 11) is 0. The van der Waals surface area contributed by atoms with E-state index in [1.807, 2.05) is 20.8 Å². The zero-order valence-corrected chi connectivity index (χ0v) is 14.7. The van der Waals surface area contributed by atoms with E-state index in [0.717, 1.165) is 6.42 Å². The van der Waals surface area contributed by atoms with E-state index in [1.165, 1.54) is 6.92 Å². The van der Waals surface area contributed by atoms with Crippen molar-refractivity contribution in [3.05, 3.63) is 0 Å². The SMILES string of the molecule is CCCOCC(C)(C)COC1O[C@H](C)[C@H](O)[C@H](O)[C@H]1NC(C)=O. The van der Waals surface area contributed by atoms with Crippen LogP contribution in [-0.2, 0) is 19.0 Å². The van der Waals surface area contributed by atoms with E-state index in [1.54, 1.807) is 6.92 Å². The summed E-state index contributed by atoms with van der Waals surface area (Å²) >= 11 is 0. The van der Waals surface area contributed by atoms with Crippen LogP contribution in [0.4, 0.5) is 0 Å². The monoisotopic (exact) mass is 333 g/mol. The number of nitrogens with one attached hydrogen (secondary N) is 1. The minimum Gasteiger partial charge on any atom is -0.388 e. The van der Waals surface area contributed by atoms with Crippen LogP contribution in [-0.4, -0.2) is 66.6 Å². The molecule has 0 aromatic heterocycles. The van der Waals surface area contributed by atoms with E-state index in [-0.39, 0.29) is 11.3 Å². The average molecular weight is 333 g/mol. The number of carbonyl (C=O) groups excluding carboxylic acids is 1. The molecule has 0 aromatic carbocycles. The highest BCUT2D eigenvalue weighted by molar-refractivity contribution is 5.73. The largest absolute Gasteiger partial charge is 0.388 e. The van der Waals surface area contributed by atoms with Gasteiger partial charge in [0.2, 0.25) is 5.91 Å². The molecule has 1 rings (SSSR count). The van der Waals surface area contributed by atoms with Crippen LogP contribution < -0.4 is 5.32 Å². The maximum absolute atomic E-state index is 11.3. The number of rotatable bonds is 8. The van der Waals surface area contributed by atoms with Crippen LogP contribution in [0.25, 0.3) is 0 Å².